The van der Waals surface area contributed by atoms with Gasteiger partial charge in [-0.05, 0) is 48.9 Å². The molecule has 4 rings (SSSR count). The molecule has 0 fully saturated rings. The Bertz CT molecular complexity index is 1410. The number of non-ortho nitro benzene ring substituents is 2. The van der Waals surface area contributed by atoms with Crippen molar-refractivity contribution in [3.8, 4) is 11.3 Å². The summed E-state index contributed by atoms with van der Waals surface area (Å²) in [5.41, 5.74) is 3.37. The zero-order chi connectivity index (χ0) is 23.4. The van der Waals surface area contributed by atoms with Crippen molar-refractivity contribution in [3.63, 3.8) is 0 Å². The van der Waals surface area contributed by atoms with E-state index in [1.165, 1.54) is 35.6 Å². The first-order valence-electron chi connectivity index (χ1n) is 9.63. The lowest BCUT2D eigenvalue weighted by Crippen LogP contribution is -2.13. The average molecular weight is 460 g/mol. The van der Waals surface area contributed by atoms with Crippen LogP contribution in [-0.4, -0.2) is 25.2 Å². The van der Waals surface area contributed by atoms with Crippen LogP contribution in [0.1, 0.15) is 12.5 Å². The van der Waals surface area contributed by atoms with Gasteiger partial charge in [-0.15, -0.1) is 11.3 Å². The summed E-state index contributed by atoms with van der Waals surface area (Å²) in [5, 5.41) is 28.5. The number of hydrogen-bond acceptors (Lipinski definition) is 8. The molecule has 11 heteroatoms. The monoisotopic (exact) mass is 460 g/mol. The molecule has 0 amide bonds. The Labute approximate surface area is 191 Å². The second-order valence-corrected chi connectivity index (χ2v) is 7.67. The van der Waals surface area contributed by atoms with Crippen LogP contribution in [0.15, 0.2) is 88.5 Å². The van der Waals surface area contributed by atoms with Crippen LogP contribution in [0.25, 0.3) is 11.3 Å². The fourth-order valence-electron chi connectivity index (χ4n) is 2.99. The highest BCUT2D eigenvalue weighted by Gasteiger charge is 2.12. The summed E-state index contributed by atoms with van der Waals surface area (Å²) in [7, 11) is 0. The van der Waals surface area contributed by atoms with Crippen LogP contribution in [0.4, 0.5) is 17.1 Å². The van der Waals surface area contributed by atoms with E-state index < -0.39 is 9.85 Å². The van der Waals surface area contributed by atoms with E-state index in [-0.39, 0.29) is 11.4 Å². The maximum atomic E-state index is 11.0. The minimum absolute atomic E-state index is 0.00595. The van der Waals surface area contributed by atoms with Crippen molar-refractivity contribution >= 4 is 34.1 Å². The SMILES string of the molecule is CC(=Nn1c(-c2ccc([N+](=O)[O-])cc2)csc1=Nc1cccnc1)c1ccc([N+](=O)[O-])cc1. The maximum absolute atomic E-state index is 11.0. The van der Waals surface area contributed by atoms with Gasteiger partial charge in [0, 0.05) is 41.4 Å². The number of pyridine rings is 1. The molecule has 2 aromatic heterocycles. The molecule has 4 aromatic rings. The first kappa shape index (κ1) is 21.7. The van der Waals surface area contributed by atoms with Gasteiger partial charge in [-0.2, -0.15) is 5.10 Å². The molecule has 2 aromatic carbocycles. The van der Waals surface area contributed by atoms with Crippen LogP contribution < -0.4 is 4.80 Å². The van der Waals surface area contributed by atoms with Gasteiger partial charge in [0.25, 0.3) is 11.4 Å². The summed E-state index contributed by atoms with van der Waals surface area (Å²) in [6.45, 7) is 1.79. The molecular weight excluding hydrogens is 444 g/mol. The Morgan fingerprint density at radius 2 is 1.61 bits per heavy atom. The number of hydrogen-bond donors (Lipinski definition) is 0. The first-order chi connectivity index (χ1) is 15.9. The van der Waals surface area contributed by atoms with Crippen molar-refractivity contribution < 1.29 is 9.85 Å². The second-order valence-electron chi connectivity index (χ2n) is 6.83. The quantitative estimate of drug-likeness (QED) is 0.229. The normalized spacial score (nSPS) is 12.0. The molecule has 164 valence electrons. The van der Waals surface area contributed by atoms with Crippen LogP contribution in [0.5, 0.6) is 0 Å². The number of nitrogens with zero attached hydrogens (tertiary/aromatic N) is 6. The predicted octanol–water partition coefficient (Wildman–Crippen LogP) is 4.93. The van der Waals surface area contributed by atoms with Crippen LogP contribution in [0.3, 0.4) is 0 Å². The molecule has 0 atom stereocenters. The Morgan fingerprint density at radius 3 is 2.18 bits per heavy atom. The van der Waals surface area contributed by atoms with E-state index in [0.717, 1.165) is 5.56 Å². The van der Waals surface area contributed by atoms with Gasteiger partial charge >= 0.3 is 0 Å². The summed E-state index contributed by atoms with van der Waals surface area (Å²) in [4.78, 5) is 30.3. The minimum atomic E-state index is -0.457. The topological polar surface area (TPSA) is 129 Å². The maximum Gasteiger partial charge on any atom is 0.269 e. The molecule has 2 heterocycles. The van der Waals surface area contributed by atoms with Gasteiger partial charge in [0.15, 0.2) is 0 Å². The molecule has 0 saturated carbocycles. The summed E-state index contributed by atoms with van der Waals surface area (Å²) in [5.74, 6) is 0. The third-order valence-electron chi connectivity index (χ3n) is 4.68. The highest BCUT2D eigenvalue weighted by Crippen LogP contribution is 2.24. The van der Waals surface area contributed by atoms with E-state index in [1.54, 1.807) is 54.3 Å². The molecule has 0 aliphatic rings. The molecule has 0 radical (unpaired) electrons. The number of rotatable bonds is 6. The van der Waals surface area contributed by atoms with Crippen LogP contribution in [0, 0.1) is 20.2 Å². The molecule has 0 aliphatic carbocycles. The summed E-state index contributed by atoms with van der Waals surface area (Å²) < 4.78 is 1.65. The van der Waals surface area contributed by atoms with Crippen molar-refractivity contribution in [2.45, 2.75) is 6.92 Å². The average Bonchev–Trinajstić information content (AvgIpc) is 3.21. The first-order valence-corrected chi connectivity index (χ1v) is 10.5. The highest BCUT2D eigenvalue weighted by atomic mass is 32.1. The van der Waals surface area contributed by atoms with Gasteiger partial charge in [-0.25, -0.2) is 9.67 Å². The van der Waals surface area contributed by atoms with Gasteiger partial charge in [0.1, 0.15) is 0 Å². The number of nitro groups is 2. The van der Waals surface area contributed by atoms with E-state index in [4.69, 9.17) is 5.10 Å². The lowest BCUT2D eigenvalue weighted by Gasteiger charge is -2.06. The highest BCUT2D eigenvalue weighted by molar-refractivity contribution is 7.07. The van der Waals surface area contributed by atoms with Crippen LogP contribution >= 0.6 is 11.3 Å². The number of aromatic nitrogens is 2. The van der Waals surface area contributed by atoms with Crippen molar-refractivity contribution in [2.75, 3.05) is 0 Å². The van der Waals surface area contributed by atoms with E-state index in [0.29, 0.717) is 27.5 Å². The van der Waals surface area contributed by atoms with Gasteiger partial charge in [-0.3, -0.25) is 25.2 Å². The lowest BCUT2D eigenvalue weighted by molar-refractivity contribution is -0.385. The lowest BCUT2D eigenvalue weighted by atomic mass is 10.1. The fourth-order valence-corrected chi connectivity index (χ4v) is 3.84. The van der Waals surface area contributed by atoms with Crippen LogP contribution in [-0.2, 0) is 0 Å². The van der Waals surface area contributed by atoms with Crippen LogP contribution in [0.2, 0.25) is 0 Å². The zero-order valence-corrected chi connectivity index (χ0v) is 18.0. The number of nitro benzene ring substituents is 2. The summed E-state index contributed by atoms with van der Waals surface area (Å²) in [6, 6.07) is 15.9. The summed E-state index contributed by atoms with van der Waals surface area (Å²) in [6.07, 6.45) is 3.28. The Balaban J connectivity index is 1.83. The Morgan fingerprint density at radius 1 is 0.970 bits per heavy atom. The smallest absolute Gasteiger partial charge is 0.262 e. The molecule has 0 spiro atoms. The molecule has 10 nitrogen and oxygen atoms in total. The van der Waals surface area contributed by atoms with Crippen molar-refractivity contribution in [1.29, 1.82) is 0 Å². The van der Waals surface area contributed by atoms with Gasteiger partial charge < -0.3 is 0 Å². The molecule has 0 unspecified atom stereocenters. The van der Waals surface area contributed by atoms with E-state index in [1.807, 2.05) is 11.4 Å². The predicted molar refractivity (Wildman–Crippen MR) is 125 cm³/mol. The largest absolute Gasteiger partial charge is 0.269 e. The van der Waals surface area contributed by atoms with Crippen molar-refractivity contribution in [2.24, 2.45) is 10.1 Å². The molecular formula is C22H16N6O4S. The van der Waals surface area contributed by atoms with Gasteiger partial charge in [-0.1, -0.05) is 0 Å². The Kier molecular flexibility index (Phi) is 6.13. The van der Waals surface area contributed by atoms with Gasteiger partial charge in [0.2, 0.25) is 4.80 Å². The zero-order valence-electron chi connectivity index (χ0n) is 17.2. The van der Waals surface area contributed by atoms with E-state index in [9.17, 15) is 20.2 Å². The molecule has 0 bridgehead atoms. The molecule has 33 heavy (non-hydrogen) atoms. The number of benzene rings is 2. The molecule has 0 N–H and O–H groups in total. The standard InChI is InChI=1S/C22H16N6O4S/c1-15(16-4-8-19(9-5-16)27(29)30)25-26-21(17-6-10-20(11-7-17)28(31)32)14-33-22(26)24-18-3-2-12-23-13-18/h2-14H,1H3. The molecule has 0 aliphatic heterocycles. The molecule has 0 saturated heterocycles. The summed E-state index contributed by atoms with van der Waals surface area (Å²) >= 11 is 1.36. The van der Waals surface area contributed by atoms with Crippen molar-refractivity contribution in [1.82, 2.24) is 9.66 Å². The third-order valence-corrected chi connectivity index (χ3v) is 5.49. The number of thiazole rings is 1. The van der Waals surface area contributed by atoms with E-state index in [2.05, 4.69) is 9.98 Å². The fraction of sp³-hybridized carbons (Fsp3) is 0.0455. The minimum Gasteiger partial charge on any atom is -0.262 e. The third kappa shape index (κ3) is 4.88. The van der Waals surface area contributed by atoms with Crippen molar-refractivity contribution in [3.05, 3.63) is 109 Å². The van der Waals surface area contributed by atoms with Gasteiger partial charge in [0.05, 0.1) is 33.1 Å². The second kappa shape index (κ2) is 9.32. The Hall–Kier alpha value is -4.51. The van der Waals surface area contributed by atoms with E-state index >= 15 is 0 Å².